The van der Waals surface area contributed by atoms with E-state index in [1.54, 1.807) is 0 Å². The largest absolute Gasteiger partial charge is 0.512 e. The van der Waals surface area contributed by atoms with E-state index >= 15 is 0 Å². The van der Waals surface area contributed by atoms with Crippen molar-refractivity contribution in [3.63, 3.8) is 0 Å². The van der Waals surface area contributed by atoms with Crippen molar-refractivity contribution in [1.82, 2.24) is 0 Å². The molecule has 0 spiro atoms. The van der Waals surface area contributed by atoms with Crippen LogP contribution >= 0.6 is 0 Å². The van der Waals surface area contributed by atoms with Crippen LogP contribution in [-0.2, 0) is 8.85 Å². The van der Waals surface area contributed by atoms with Gasteiger partial charge in [-0.3, -0.25) is 0 Å². The molecule has 1 aromatic carbocycles. The summed E-state index contributed by atoms with van der Waals surface area (Å²) in [5, 5.41) is 2.04. The Labute approximate surface area is 82.8 Å². The zero-order valence-corrected chi connectivity index (χ0v) is 8.77. The lowest BCUT2D eigenvalue weighted by Crippen LogP contribution is -2.24. The SMILES string of the molecule is C1=NC2=C(C=c3ccccc3=1)O[SiH2]O2. The van der Waals surface area contributed by atoms with Gasteiger partial charge in [-0.25, -0.2) is 0 Å². The van der Waals surface area contributed by atoms with Gasteiger partial charge in [-0.15, -0.1) is 0 Å². The van der Waals surface area contributed by atoms with Gasteiger partial charge < -0.3 is 8.85 Å². The third-order valence-corrected chi connectivity index (χ3v) is 2.97. The minimum absolute atomic E-state index is 0.577. The fourth-order valence-electron chi connectivity index (χ4n) is 1.45. The Kier molecular flexibility index (Phi) is 1.56. The molecule has 0 aliphatic carbocycles. The molecule has 0 amide bonds. The van der Waals surface area contributed by atoms with Gasteiger partial charge in [-0.2, -0.15) is 4.99 Å². The molecule has 4 heteroatoms. The van der Waals surface area contributed by atoms with Crippen molar-refractivity contribution in [3.05, 3.63) is 46.3 Å². The van der Waals surface area contributed by atoms with Gasteiger partial charge in [0.1, 0.15) is 0 Å². The number of fused-ring (bicyclic) bond motifs is 1. The van der Waals surface area contributed by atoms with Gasteiger partial charge >= 0.3 is 10.0 Å². The Morgan fingerprint density at radius 3 is 3.14 bits per heavy atom. The molecule has 3 nitrogen and oxygen atoms in total. The van der Waals surface area contributed by atoms with Crippen LogP contribution in [0.1, 0.15) is 0 Å². The highest BCUT2D eigenvalue weighted by molar-refractivity contribution is 6.20. The number of allylic oxidation sites excluding steroid dienone is 1. The second kappa shape index (κ2) is 2.87. The molecule has 3 rings (SSSR count). The first-order valence-corrected chi connectivity index (χ1v) is 5.49. The third kappa shape index (κ3) is 1.09. The van der Waals surface area contributed by atoms with E-state index in [4.69, 9.17) is 8.85 Å². The molecule has 0 radical (unpaired) electrons. The summed E-state index contributed by atoms with van der Waals surface area (Å²) >= 11 is 0. The van der Waals surface area contributed by atoms with E-state index in [-0.39, 0.29) is 0 Å². The normalized spacial score (nSPS) is 18.6. The molecule has 1 aromatic rings. The van der Waals surface area contributed by atoms with Crippen LogP contribution in [-0.4, -0.2) is 15.9 Å². The van der Waals surface area contributed by atoms with Crippen LogP contribution in [0.2, 0.25) is 0 Å². The van der Waals surface area contributed by atoms with Gasteiger partial charge in [0, 0.05) is 5.22 Å². The van der Waals surface area contributed by atoms with Crippen LogP contribution in [0, 0.1) is 0 Å². The zero-order chi connectivity index (χ0) is 9.38. The molecule has 0 fully saturated rings. The van der Waals surface area contributed by atoms with Gasteiger partial charge in [0.05, 0.1) is 0 Å². The first-order valence-electron chi connectivity index (χ1n) is 4.34. The molecule has 0 unspecified atom stereocenters. The van der Waals surface area contributed by atoms with E-state index in [2.05, 4.69) is 10.9 Å². The predicted molar refractivity (Wildman–Crippen MR) is 54.4 cm³/mol. The predicted octanol–water partition coefficient (Wildman–Crippen LogP) is -0.963. The lowest BCUT2D eigenvalue weighted by atomic mass is 10.2. The Morgan fingerprint density at radius 2 is 2.14 bits per heavy atom. The summed E-state index contributed by atoms with van der Waals surface area (Å²) in [7, 11) is -0.888. The number of hydrogen-bond acceptors (Lipinski definition) is 3. The quantitative estimate of drug-likeness (QED) is 0.506. The molecule has 0 aromatic heterocycles. The molecular weight excluding hydrogens is 194 g/mol. The minimum atomic E-state index is -0.888. The van der Waals surface area contributed by atoms with Gasteiger partial charge in [-0.05, 0) is 23.2 Å². The standard InChI is InChI=1S/C10H7NO2Si/c1-2-4-8-6-11-10-9(12-14-13-10)5-7(8)3-1/h1-5H,14H2. The van der Waals surface area contributed by atoms with E-state index in [1.807, 2.05) is 30.3 Å². The Morgan fingerprint density at radius 1 is 1.21 bits per heavy atom. The summed E-state index contributed by atoms with van der Waals surface area (Å²) < 4.78 is 10.7. The van der Waals surface area contributed by atoms with Crippen LogP contribution < -0.4 is 10.4 Å². The van der Waals surface area contributed by atoms with Crippen molar-refractivity contribution in [2.45, 2.75) is 0 Å². The number of benzene rings is 1. The van der Waals surface area contributed by atoms with Crippen LogP contribution in [0.3, 0.4) is 0 Å². The summed E-state index contributed by atoms with van der Waals surface area (Å²) in [6.07, 6.45) is 1.95. The van der Waals surface area contributed by atoms with Gasteiger partial charge in [0.15, 0.2) is 5.76 Å². The maximum Gasteiger partial charge on any atom is 0.429 e. The molecule has 0 bridgehead atoms. The number of nitrogens with zero attached hydrogens (tertiary/aromatic N) is 1. The second-order valence-electron chi connectivity index (χ2n) is 3.03. The fraction of sp³-hybridized carbons (Fsp3) is 0. The lowest BCUT2D eigenvalue weighted by molar-refractivity contribution is 0.415. The van der Waals surface area contributed by atoms with Crippen LogP contribution in [0.15, 0.2) is 40.9 Å². The van der Waals surface area contributed by atoms with E-state index in [0.717, 1.165) is 16.2 Å². The first-order chi connectivity index (χ1) is 6.93. The maximum atomic E-state index is 5.40. The van der Waals surface area contributed by atoms with Crippen molar-refractivity contribution in [3.8, 4) is 0 Å². The highest BCUT2D eigenvalue weighted by Gasteiger charge is 2.15. The van der Waals surface area contributed by atoms with E-state index in [0.29, 0.717) is 5.88 Å². The van der Waals surface area contributed by atoms with E-state index < -0.39 is 10.0 Å². The fourth-order valence-corrected chi connectivity index (χ4v) is 2.16. The highest BCUT2D eigenvalue weighted by atomic mass is 28.3. The molecular formula is C10H7NO2Si. The first kappa shape index (κ1) is 7.61. The summed E-state index contributed by atoms with van der Waals surface area (Å²) in [5.41, 5.74) is 0. The molecule has 14 heavy (non-hydrogen) atoms. The van der Waals surface area contributed by atoms with Crippen LogP contribution in [0.4, 0.5) is 0 Å². The van der Waals surface area contributed by atoms with Crippen molar-refractivity contribution in [1.29, 1.82) is 0 Å². The summed E-state index contributed by atoms with van der Waals surface area (Å²) in [5.74, 6) is 4.27. The Balaban J connectivity index is 2.38. The van der Waals surface area contributed by atoms with Gasteiger partial charge in [-0.1, -0.05) is 18.2 Å². The van der Waals surface area contributed by atoms with Crippen LogP contribution in [0.25, 0.3) is 6.08 Å². The van der Waals surface area contributed by atoms with Gasteiger partial charge in [0.25, 0.3) is 5.88 Å². The summed E-state index contributed by atoms with van der Waals surface area (Å²) in [6, 6.07) is 7.92. The molecule has 0 saturated carbocycles. The molecule has 0 atom stereocenters. The van der Waals surface area contributed by atoms with Crippen molar-refractivity contribution in [2.75, 3.05) is 0 Å². The van der Waals surface area contributed by atoms with E-state index in [9.17, 15) is 0 Å². The lowest BCUT2D eigenvalue weighted by Gasteiger charge is -1.91. The third-order valence-electron chi connectivity index (χ3n) is 2.15. The summed E-state index contributed by atoms with van der Waals surface area (Å²) in [4.78, 5) is 4.11. The molecule has 2 aliphatic rings. The second-order valence-corrected chi connectivity index (χ2v) is 3.84. The molecule has 68 valence electrons. The number of aliphatic imine (C=N–C) groups is 1. The molecule has 2 aliphatic heterocycles. The van der Waals surface area contributed by atoms with E-state index in [1.165, 1.54) is 0 Å². The molecule has 0 saturated heterocycles. The number of rotatable bonds is 0. The monoisotopic (exact) mass is 201 g/mol. The van der Waals surface area contributed by atoms with Crippen molar-refractivity contribution < 1.29 is 8.85 Å². The minimum Gasteiger partial charge on any atom is -0.512 e. The maximum absolute atomic E-state index is 5.40. The highest BCUT2D eigenvalue weighted by Crippen LogP contribution is 2.16. The molecule has 0 N–H and O–H groups in total. The zero-order valence-electron chi connectivity index (χ0n) is 7.36. The summed E-state index contributed by atoms with van der Waals surface area (Å²) in [6.45, 7) is 0. The van der Waals surface area contributed by atoms with Gasteiger partial charge in [0.2, 0.25) is 0 Å². The molecule has 2 heterocycles. The van der Waals surface area contributed by atoms with Crippen LogP contribution in [0.5, 0.6) is 0 Å². The van der Waals surface area contributed by atoms with Crippen molar-refractivity contribution in [2.24, 2.45) is 4.99 Å². The smallest absolute Gasteiger partial charge is 0.429 e. The van der Waals surface area contributed by atoms with Crippen molar-refractivity contribution >= 4 is 22.0 Å². The Bertz CT molecular complexity index is 570. The topological polar surface area (TPSA) is 30.8 Å². The number of hydrogen-bond donors (Lipinski definition) is 0. The Hall–Kier alpha value is -1.77. The average Bonchev–Trinajstić information content (AvgIpc) is 2.58. The average molecular weight is 201 g/mol.